The highest BCUT2D eigenvalue weighted by Gasteiger charge is 2.45. The molecule has 1 saturated heterocycles. The monoisotopic (exact) mass is 493 g/mol. The topological polar surface area (TPSA) is 108 Å². The van der Waals surface area contributed by atoms with Crippen molar-refractivity contribution >= 4 is 29.1 Å². The van der Waals surface area contributed by atoms with Gasteiger partial charge in [-0.1, -0.05) is 11.6 Å². The lowest BCUT2D eigenvalue weighted by Gasteiger charge is -2.46. The largest absolute Gasteiger partial charge is 0.490 e. The highest BCUT2D eigenvalue weighted by atomic mass is 35.5. The van der Waals surface area contributed by atoms with E-state index in [0.717, 1.165) is 70.3 Å². The summed E-state index contributed by atoms with van der Waals surface area (Å²) in [6.07, 6.45) is 6.76. The molecule has 1 N–H and O–H groups in total. The summed E-state index contributed by atoms with van der Waals surface area (Å²) in [7, 11) is 0. The molecule has 182 valence electrons. The molecule has 2 aliphatic carbocycles. The molecular formula is C26H28ClN5O3. The van der Waals surface area contributed by atoms with Gasteiger partial charge in [0.2, 0.25) is 0 Å². The molecule has 0 unspecified atom stereocenters. The number of rotatable bonds is 5. The maximum Gasteiger partial charge on any atom is 0.272 e. The minimum atomic E-state index is -0.210. The zero-order valence-electron chi connectivity index (χ0n) is 19.5. The Bertz CT molecular complexity index is 1140. The van der Waals surface area contributed by atoms with E-state index < -0.39 is 0 Å². The number of hydrogen-bond donors (Lipinski definition) is 1. The van der Waals surface area contributed by atoms with Crippen LogP contribution in [0.15, 0.2) is 30.3 Å². The third-order valence-corrected chi connectivity index (χ3v) is 7.86. The van der Waals surface area contributed by atoms with Gasteiger partial charge in [-0.05, 0) is 68.2 Å². The minimum absolute atomic E-state index is 0.0490. The van der Waals surface area contributed by atoms with Crippen molar-refractivity contribution in [2.75, 3.05) is 18.0 Å². The summed E-state index contributed by atoms with van der Waals surface area (Å²) in [4.78, 5) is 26.3. The first-order chi connectivity index (χ1) is 16.9. The summed E-state index contributed by atoms with van der Waals surface area (Å²) in [6.45, 7) is 1.74. The number of nitriles is 1. The number of amides is 1. The normalized spacial score (nSPS) is 23.3. The smallest absolute Gasteiger partial charge is 0.272 e. The van der Waals surface area contributed by atoms with Gasteiger partial charge in [0.1, 0.15) is 17.6 Å². The van der Waals surface area contributed by atoms with Crippen molar-refractivity contribution in [3.63, 3.8) is 0 Å². The van der Waals surface area contributed by atoms with Gasteiger partial charge in [-0.3, -0.25) is 9.59 Å². The third kappa shape index (κ3) is 5.25. The number of benzene rings is 1. The predicted octanol–water partition coefficient (Wildman–Crippen LogP) is 4.07. The quantitative estimate of drug-likeness (QED) is 0.668. The number of carbonyl (C=O) groups excluding carboxylic acids is 2. The van der Waals surface area contributed by atoms with Crippen molar-refractivity contribution in [1.82, 2.24) is 15.5 Å². The van der Waals surface area contributed by atoms with Crippen LogP contribution in [-0.4, -0.2) is 47.1 Å². The summed E-state index contributed by atoms with van der Waals surface area (Å²) < 4.78 is 6.02. The molecule has 3 aliphatic rings. The van der Waals surface area contributed by atoms with Gasteiger partial charge in [0.25, 0.3) is 5.91 Å². The average Bonchev–Trinajstić information content (AvgIpc) is 2.85. The molecule has 2 heterocycles. The molecule has 3 fully saturated rings. The number of anilines is 1. The Kier molecular flexibility index (Phi) is 6.61. The number of hydrogen-bond acceptors (Lipinski definition) is 7. The second-order valence-corrected chi connectivity index (χ2v) is 10.4. The van der Waals surface area contributed by atoms with Gasteiger partial charge in [0.15, 0.2) is 11.5 Å². The highest BCUT2D eigenvalue weighted by molar-refractivity contribution is 6.31. The number of Topliss-reactive ketones (excluding diaryl/α,β-unsaturated/α-hetero) is 1. The summed E-state index contributed by atoms with van der Waals surface area (Å²) >= 11 is 6.09. The van der Waals surface area contributed by atoms with E-state index in [9.17, 15) is 9.59 Å². The van der Waals surface area contributed by atoms with Gasteiger partial charge in [0.05, 0.1) is 16.7 Å². The van der Waals surface area contributed by atoms with E-state index in [1.807, 2.05) is 12.1 Å². The molecule has 2 saturated carbocycles. The first-order valence-electron chi connectivity index (χ1n) is 12.2. The van der Waals surface area contributed by atoms with Gasteiger partial charge < -0.3 is 15.0 Å². The van der Waals surface area contributed by atoms with Gasteiger partial charge in [0, 0.05) is 38.0 Å². The zero-order chi connectivity index (χ0) is 24.4. The van der Waals surface area contributed by atoms with Crippen LogP contribution in [0.3, 0.4) is 0 Å². The number of carbonyl (C=O) groups is 2. The molecule has 1 amide bonds. The van der Waals surface area contributed by atoms with E-state index in [2.05, 4.69) is 20.4 Å². The van der Waals surface area contributed by atoms with E-state index in [1.165, 1.54) is 0 Å². The van der Waals surface area contributed by atoms with Crippen molar-refractivity contribution in [3.05, 3.63) is 46.6 Å². The van der Waals surface area contributed by atoms with Crippen LogP contribution in [0.2, 0.25) is 5.02 Å². The summed E-state index contributed by atoms with van der Waals surface area (Å²) in [5.74, 6) is 1.60. The molecular weight excluding hydrogens is 466 g/mol. The fraction of sp³-hybridized carbons (Fsp3) is 0.500. The summed E-state index contributed by atoms with van der Waals surface area (Å²) in [5.41, 5.74) is 0.967. The van der Waals surface area contributed by atoms with E-state index in [0.29, 0.717) is 27.8 Å². The Morgan fingerprint density at radius 1 is 1.11 bits per heavy atom. The lowest BCUT2D eigenvalue weighted by atomic mass is 9.62. The highest BCUT2D eigenvalue weighted by Crippen LogP contribution is 2.47. The molecule has 1 aliphatic heterocycles. The number of nitrogens with zero attached hydrogens (tertiary/aromatic N) is 4. The van der Waals surface area contributed by atoms with Crippen LogP contribution >= 0.6 is 11.6 Å². The van der Waals surface area contributed by atoms with Crippen molar-refractivity contribution in [3.8, 4) is 11.8 Å². The molecule has 0 bridgehead atoms. The average molecular weight is 494 g/mol. The summed E-state index contributed by atoms with van der Waals surface area (Å²) in [5, 5.41) is 20.9. The van der Waals surface area contributed by atoms with Gasteiger partial charge in [-0.25, -0.2) is 0 Å². The standard InChI is InChI=1S/C26H28ClN5O3/c27-22-13-21(4-1-17(22)16-28)35-20-5-2-18(3-6-20)29-25(34)23-7-8-24(31-30-23)32-11-9-26(10-12-32)14-19(33)15-26/h1,4,7-8,13,18,20H,2-3,5-6,9-12,14-15H2,(H,29,34)/t18-,20-. The Morgan fingerprint density at radius 3 is 2.46 bits per heavy atom. The van der Waals surface area contributed by atoms with E-state index >= 15 is 0 Å². The Hall–Kier alpha value is -3.18. The first kappa shape index (κ1) is 23.6. The van der Waals surface area contributed by atoms with Crippen molar-refractivity contribution in [2.45, 2.75) is 63.5 Å². The molecule has 35 heavy (non-hydrogen) atoms. The van der Waals surface area contributed by atoms with Crippen LogP contribution in [-0.2, 0) is 4.79 Å². The van der Waals surface area contributed by atoms with E-state index in [-0.39, 0.29) is 23.5 Å². The second-order valence-electron chi connectivity index (χ2n) is 9.97. The fourth-order valence-corrected chi connectivity index (χ4v) is 5.61. The fourth-order valence-electron chi connectivity index (χ4n) is 5.40. The van der Waals surface area contributed by atoms with E-state index in [1.54, 1.807) is 24.3 Å². The maximum absolute atomic E-state index is 12.7. The van der Waals surface area contributed by atoms with E-state index in [4.69, 9.17) is 21.6 Å². The van der Waals surface area contributed by atoms with Gasteiger partial charge in [-0.2, -0.15) is 5.26 Å². The van der Waals surface area contributed by atoms with Crippen LogP contribution in [0, 0.1) is 16.7 Å². The van der Waals surface area contributed by atoms with Crippen LogP contribution in [0.5, 0.6) is 5.75 Å². The Morgan fingerprint density at radius 2 is 1.86 bits per heavy atom. The molecule has 0 radical (unpaired) electrons. The molecule has 1 aromatic carbocycles. The summed E-state index contributed by atoms with van der Waals surface area (Å²) in [6, 6.07) is 10.8. The van der Waals surface area contributed by atoms with Crippen LogP contribution in [0.4, 0.5) is 5.82 Å². The van der Waals surface area contributed by atoms with Crippen LogP contribution in [0.25, 0.3) is 0 Å². The predicted molar refractivity (Wildman–Crippen MR) is 130 cm³/mol. The minimum Gasteiger partial charge on any atom is -0.490 e. The molecule has 9 heteroatoms. The molecule has 8 nitrogen and oxygen atoms in total. The van der Waals surface area contributed by atoms with Crippen LogP contribution in [0.1, 0.15) is 67.4 Å². The molecule has 2 aromatic rings. The number of piperidine rings is 1. The lowest BCUT2D eigenvalue weighted by Crippen LogP contribution is -2.47. The Labute approximate surface area is 209 Å². The first-order valence-corrected chi connectivity index (χ1v) is 12.6. The number of aromatic nitrogens is 2. The molecule has 0 atom stereocenters. The number of ether oxygens (including phenoxy) is 1. The van der Waals surface area contributed by atoms with Crippen molar-refractivity contribution in [2.24, 2.45) is 5.41 Å². The third-order valence-electron chi connectivity index (χ3n) is 7.55. The van der Waals surface area contributed by atoms with Crippen LogP contribution < -0.4 is 15.0 Å². The molecule has 5 rings (SSSR count). The molecule has 1 aromatic heterocycles. The van der Waals surface area contributed by atoms with Gasteiger partial charge in [-0.15, -0.1) is 10.2 Å². The van der Waals surface area contributed by atoms with Crippen molar-refractivity contribution in [1.29, 1.82) is 5.26 Å². The maximum atomic E-state index is 12.7. The van der Waals surface area contributed by atoms with Gasteiger partial charge >= 0.3 is 0 Å². The number of halogens is 1. The second kappa shape index (κ2) is 9.82. The lowest BCUT2D eigenvalue weighted by molar-refractivity contribution is -0.133. The number of nitrogens with one attached hydrogen (secondary N) is 1. The van der Waals surface area contributed by atoms with Crippen molar-refractivity contribution < 1.29 is 14.3 Å². The SMILES string of the molecule is N#Cc1ccc(O[C@H]2CC[C@H](NC(=O)c3ccc(N4CCC5(CC4)CC(=O)C5)nn3)CC2)cc1Cl. The number of ketones is 1. The Balaban J connectivity index is 1.08. The zero-order valence-corrected chi connectivity index (χ0v) is 20.3. The molecule has 1 spiro atoms.